The quantitative estimate of drug-likeness (QED) is 0.719. The molecule has 1 N–H and O–H groups in total. The van der Waals surface area contributed by atoms with Crippen molar-refractivity contribution in [3.8, 4) is 0 Å². The molecule has 2 rings (SSSR count). The molecule has 14 heavy (non-hydrogen) atoms. The largest absolute Gasteiger partial charge is 0.478 e. The van der Waals surface area contributed by atoms with Crippen molar-refractivity contribution in [1.29, 1.82) is 0 Å². The third-order valence-electron chi connectivity index (χ3n) is 2.30. The van der Waals surface area contributed by atoms with Gasteiger partial charge in [0.2, 0.25) is 0 Å². The molecule has 0 aromatic heterocycles. The maximum atomic E-state index is 10.7. The number of anilines is 1. The van der Waals surface area contributed by atoms with Crippen LogP contribution in [0, 0.1) is 4.91 Å². The normalized spacial score (nSPS) is 13.9. The molecule has 1 aromatic rings. The molecule has 1 aliphatic heterocycles. The van der Waals surface area contributed by atoms with E-state index in [0.29, 0.717) is 18.7 Å². The molecule has 0 spiro atoms. The van der Waals surface area contributed by atoms with Crippen LogP contribution in [0.5, 0.6) is 0 Å². The number of carboxylic acid groups (broad SMARTS) is 1. The Balaban J connectivity index is 2.43. The van der Waals surface area contributed by atoms with Gasteiger partial charge < -0.3 is 5.11 Å². The average molecular weight is 192 g/mol. The summed E-state index contributed by atoms with van der Waals surface area (Å²) in [6.45, 7) is 0.530. The summed E-state index contributed by atoms with van der Waals surface area (Å²) in [6, 6.07) is 4.68. The maximum absolute atomic E-state index is 10.7. The van der Waals surface area contributed by atoms with Gasteiger partial charge in [-0.25, -0.2) is 9.80 Å². The molecule has 0 unspecified atom stereocenters. The first-order valence-corrected chi connectivity index (χ1v) is 4.19. The highest BCUT2D eigenvalue weighted by molar-refractivity contribution is 5.88. The minimum atomic E-state index is -0.953. The first-order chi connectivity index (χ1) is 6.72. The van der Waals surface area contributed by atoms with Crippen molar-refractivity contribution >= 4 is 11.7 Å². The zero-order valence-corrected chi connectivity index (χ0v) is 7.30. The number of carbonyl (C=O) groups is 1. The number of nitroso groups, excluding NO2 is 1. The number of carboxylic acids is 1. The summed E-state index contributed by atoms with van der Waals surface area (Å²) in [5, 5.41) is 12.9. The highest BCUT2D eigenvalue weighted by Crippen LogP contribution is 2.28. The van der Waals surface area contributed by atoms with Gasteiger partial charge >= 0.3 is 5.97 Å². The molecule has 0 aliphatic carbocycles. The van der Waals surface area contributed by atoms with Gasteiger partial charge in [0.25, 0.3) is 0 Å². The van der Waals surface area contributed by atoms with Gasteiger partial charge in [0.15, 0.2) is 0 Å². The van der Waals surface area contributed by atoms with E-state index in [-0.39, 0.29) is 5.56 Å². The standard InChI is InChI=1S/C9H8N2O3/c12-9(13)7-1-2-8-6(5-7)3-4-11(8)10-14/h1-2,5H,3-4H2,(H,12,13). The van der Waals surface area contributed by atoms with Crippen LogP contribution in [-0.4, -0.2) is 17.6 Å². The third kappa shape index (κ3) is 1.22. The summed E-state index contributed by atoms with van der Waals surface area (Å²) in [6.07, 6.45) is 0.669. The molecular weight excluding hydrogens is 184 g/mol. The van der Waals surface area contributed by atoms with Crippen LogP contribution in [-0.2, 0) is 6.42 Å². The summed E-state index contributed by atoms with van der Waals surface area (Å²) < 4.78 is 0. The van der Waals surface area contributed by atoms with Gasteiger partial charge in [0.1, 0.15) is 0 Å². The number of rotatable bonds is 2. The second kappa shape index (κ2) is 3.10. The molecule has 1 aromatic carbocycles. The van der Waals surface area contributed by atoms with Crippen molar-refractivity contribution in [3.63, 3.8) is 0 Å². The van der Waals surface area contributed by atoms with Gasteiger partial charge in [-0.15, -0.1) is 4.91 Å². The topological polar surface area (TPSA) is 70.0 Å². The zero-order valence-electron chi connectivity index (χ0n) is 7.30. The molecule has 72 valence electrons. The molecular formula is C9H8N2O3. The SMILES string of the molecule is O=NN1CCc2cc(C(=O)O)ccc21. The summed E-state index contributed by atoms with van der Waals surface area (Å²) in [7, 11) is 0. The molecule has 5 nitrogen and oxygen atoms in total. The summed E-state index contributed by atoms with van der Waals surface area (Å²) in [5.74, 6) is -0.953. The highest BCUT2D eigenvalue weighted by atomic mass is 16.4. The fraction of sp³-hybridized carbons (Fsp3) is 0.222. The molecule has 0 radical (unpaired) electrons. The van der Waals surface area contributed by atoms with Crippen molar-refractivity contribution in [2.24, 2.45) is 5.29 Å². The Morgan fingerprint density at radius 1 is 1.50 bits per heavy atom. The van der Waals surface area contributed by atoms with Crippen LogP contribution in [0.4, 0.5) is 5.69 Å². The van der Waals surface area contributed by atoms with E-state index < -0.39 is 5.97 Å². The minimum absolute atomic E-state index is 0.247. The van der Waals surface area contributed by atoms with Crippen molar-refractivity contribution in [1.82, 2.24) is 0 Å². The Hall–Kier alpha value is -1.91. The molecule has 0 amide bonds. The van der Waals surface area contributed by atoms with E-state index in [1.165, 1.54) is 11.1 Å². The summed E-state index contributed by atoms with van der Waals surface area (Å²) in [5.41, 5.74) is 1.82. The molecule has 5 heteroatoms. The molecule has 0 fully saturated rings. The van der Waals surface area contributed by atoms with Crippen LogP contribution in [0.15, 0.2) is 23.5 Å². The molecule has 1 aliphatic rings. The number of aromatic carboxylic acids is 1. The molecule has 0 bridgehead atoms. The lowest BCUT2D eigenvalue weighted by molar-refractivity contribution is 0.0697. The molecule has 0 saturated carbocycles. The Bertz CT molecular complexity index is 403. The Kier molecular flexibility index (Phi) is 1.92. The highest BCUT2D eigenvalue weighted by Gasteiger charge is 2.20. The van der Waals surface area contributed by atoms with Gasteiger partial charge in [0.05, 0.1) is 16.5 Å². The lowest BCUT2D eigenvalue weighted by atomic mass is 10.1. The van der Waals surface area contributed by atoms with Crippen LogP contribution in [0.25, 0.3) is 0 Å². The monoisotopic (exact) mass is 192 g/mol. The van der Waals surface area contributed by atoms with Crippen LogP contribution < -0.4 is 5.01 Å². The Morgan fingerprint density at radius 2 is 2.29 bits per heavy atom. The first-order valence-electron chi connectivity index (χ1n) is 4.19. The van der Waals surface area contributed by atoms with E-state index in [2.05, 4.69) is 5.29 Å². The van der Waals surface area contributed by atoms with Crippen LogP contribution >= 0.6 is 0 Å². The van der Waals surface area contributed by atoms with Crippen LogP contribution in [0.3, 0.4) is 0 Å². The van der Waals surface area contributed by atoms with Gasteiger partial charge in [-0.3, -0.25) is 0 Å². The lowest BCUT2D eigenvalue weighted by Crippen LogP contribution is -2.10. The smallest absolute Gasteiger partial charge is 0.335 e. The molecule has 0 saturated heterocycles. The van der Waals surface area contributed by atoms with E-state index >= 15 is 0 Å². The van der Waals surface area contributed by atoms with E-state index in [1.807, 2.05) is 0 Å². The second-order valence-electron chi connectivity index (χ2n) is 3.10. The summed E-state index contributed by atoms with van der Waals surface area (Å²) >= 11 is 0. The predicted molar refractivity (Wildman–Crippen MR) is 50.2 cm³/mol. The van der Waals surface area contributed by atoms with Crippen molar-refractivity contribution in [3.05, 3.63) is 34.2 Å². The van der Waals surface area contributed by atoms with Crippen molar-refractivity contribution < 1.29 is 9.90 Å². The van der Waals surface area contributed by atoms with Crippen LogP contribution in [0.1, 0.15) is 15.9 Å². The van der Waals surface area contributed by atoms with Crippen molar-refractivity contribution in [2.45, 2.75) is 6.42 Å². The van der Waals surface area contributed by atoms with E-state index in [1.54, 1.807) is 12.1 Å². The molecule has 0 atom stereocenters. The third-order valence-corrected chi connectivity index (χ3v) is 2.30. The summed E-state index contributed by atoms with van der Waals surface area (Å²) in [4.78, 5) is 21.0. The fourth-order valence-corrected chi connectivity index (χ4v) is 1.60. The fourth-order valence-electron chi connectivity index (χ4n) is 1.60. The van der Waals surface area contributed by atoms with Crippen molar-refractivity contribution in [2.75, 3.05) is 11.6 Å². The van der Waals surface area contributed by atoms with Gasteiger partial charge in [-0.1, -0.05) is 0 Å². The van der Waals surface area contributed by atoms with Crippen LogP contribution in [0.2, 0.25) is 0 Å². The number of fused-ring (bicyclic) bond motifs is 1. The number of benzene rings is 1. The predicted octanol–water partition coefficient (Wildman–Crippen LogP) is 1.43. The van der Waals surface area contributed by atoms with E-state index in [9.17, 15) is 9.70 Å². The first kappa shape index (κ1) is 8.68. The van der Waals surface area contributed by atoms with Gasteiger partial charge in [-0.2, -0.15) is 0 Å². The van der Waals surface area contributed by atoms with E-state index in [4.69, 9.17) is 5.11 Å². The average Bonchev–Trinajstić information content (AvgIpc) is 2.59. The number of hydrogen-bond donors (Lipinski definition) is 1. The number of hydrogen-bond acceptors (Lipinski definition) is 3. The molecule has 1 heterocycles. The van der Waals surface area contributed by atoms with Gasteiger partial charge in [0, 0.05) is 6.54 Å². The maximum Gasteiger partial charge on any atom is 0.335 e. The zero-order chi connectivity index (χ0) is 10.1. The lowest BCUT2D eigenvalue weighted by Gasteiger charge is -2.07. The Labute approximate surface area is 79.9 Å². The van der Waals surface area contributed by atoms with E-state index in [0.717, 1.165) is 5.56 Å². The second-order valence-corrected chi connectivity index (χ2v) is 3.10. The van der Waals surface area contributed by atoms with Gasteiger partial charge in [-0.05, 0) is 30.2 Å². The minimum Gasteiger partial charge on any atom is -0.478 e. The number of nitrogens with zero attached hydrogens (tertiary/aromatic N) is 2. The Morgan fingerprint density at radius 3 is 2.93 bits per heavy atom.